The van der Waals surface area contributed by atoms with E-state index in [2.05, 4.69) is 63.2 Å². The van der Waals surface area contributed by atoms with Crippen LogP contribution in [0.2, 0.25) is 0 Å². The Morgan fingerprint density at radius 1 is 0.895 bits per heavy atom. The maximum absolute atomic E-state index is 15.1. The van der Waals surface area contributed by atoms with Gasteiger partial charge in [0.2, 0.25) is 0 Å². The van der Waals surface area contributed by atoms with E-state index in [0.717, 1.165) is 41.2 Å². The van der Waals surface area contributed by atoms with Crippen molar-refractivity contribution in [3.63, 3.8) is 0 Å². The van der Waals surface area contributed by atoms with Gasteiger partial charge in [0.1, 0.15) is 23.9 Å². The Kier molecular flexibility index (Phi) is 6.37. The first-order chi connectivity index (χ1) is 18.3. The summed E-state index contributed by atoms with van der Waals surface area (Å²) >= 11 is 0. The van der Waals surface area contributed by atoms with Crippen molar-refractivity contribution >= 4 is 5.57 Å². The molecule has 0 amide bonds. The lowest BCUT2D eigenvalue weighted by Gasteiger charge is -2.52. The minimum atomic E-state index is -0.235. The van der Waals surface area contributed by atoms with Crippen molar-refractivity contribution in [1.82, 2.24) is 0 Å². The number of allylic oxidation sites excluding steroid dienone is 2. The summed E-state index contributed by atoms with van der Waals surface area (Å²) in [5.74, 6) is 2.13. The van der Waals surface area contributed by atoms with Crippen LogP contribution in [0.4, 0.5) is 4.39 Å². The van der Waals surface area contributed by atoms with Gasteiger partial charge < -0.3 is 9.47 Å². The van der Waals surface area contributed by atoms with Crippen LogP contribution in [0, 0.1) is 17.2 Å². The second kappa shape index (κ2) is 9.59. The number of benzene rings is 3. The second-order valence-corrected chi connectivity index (χ2v) is 12.3. The number of aryl methyl sites for hydroxylation is 1. The molecule has 6 rings (SSSR count). The van der Waals surface area contributed by atoms with Gasteiger partial charge >= 0.3 is 0 Å². The molecular formula is C35H39FO2. The molecule has 1 fully saturated rings. The van der Waals surface area contributed by atoms with Crippen LogP contribution in [-0.4, -0.2) is 7.11 Å². The molecule has 0 radical (unpaired) electrons. The van der Waals surface area contributed by atoms with Crippen LogP contribution in [0.25, 0.3) is 16.7 Å². The monoisotopic (exact) mass is 510 g/mol. The Morgan fingerprint density at radius 3 is 2.45 bits per heavy atom. The van der Waals surface area contributed by atoms with E-state index < -0.39 is 0 Å². The van der Waals surface area contributed by atoms with Crippen LogP contribution in [0.3, 0.4) is 0 Å². The first kappa shape index (κ1) is 25.2. The van der Waals surface area contributed by atoms with Gasteiger partial charge in [0.15, 0.2) is 0 Å². The fourth-order valence-corrected chi connectivity index (χ4v) is 7.21. The summed E-state index contributed by atoms with van der Waals surface area (Å²) in [4.78, 5) is 0. The predicted octanol–water partition coefficient (Wildman–Crippen LogP) is 9.29. The van der Waals surface area contributed by atoms with E-state index >= 15 is 4.39 Å². The van der Waals surface area contributed by atoms with Crippen LogP contribution in [-0.2, 0) is 18.4 Å². The lowest BCUT2D eigenvalue weighted by atomic mass is 9.52. The van der Waals surface area contributed by atoms with E-state index in [-0.39, 0.29) is 11.2 Å². The molecule has 198 valence electrons. The highest BCUT2D eigenvalue weighted by Gasteiger charge is 2.47. The third-order valence-corrected chi connectivity index (χ3v) is 9.74. The molecule has 0 saturated heterocycles. The third-order valence-electron chi connectivity index (χ3n) is 9.74. The molecular weight excluding hydrogens is 471 g/mol. The largest absolute Gasteiger partial charge is 0.497 e. The molecule has 0 aliphatic heterocycles. The first-order valence-electron chi connectivity index (χ1n) is 14.2. The van der Waals surface area contributed by atoms with E-state index in [9.17, 15) is 0 Å². The number of hydrogen-bond donors (Lipinski definition) is 0. The smallest absolute Gasteiger partial charge is 0.131 e. The van der Waals surface area contributed by atoms with Crippen molar-refractivity contribution in [3.05, 3.63) is 88.7 Å². The second-order valence-electron chi connectivity index (χ2n) is 12.3. The summed E-state index contributed by atoms with van der Waals surface area (Å²) in [5, 5.41) is 0. The lowest BCUT2D eigenvalue weighted by molar-refractivity contribution is 0.114. The molecule has 0 unspecified atom stereocenters. The van der Waals surface area contributed by atoms with Crippen LogP contribution in [0.1, 0.15) is 81.5 Å². The van der Waals surface area contributed by atoms with Crippen LogP contribution >= 0.6 is 0 Å². The molecule has 3 aromatic carbocycles. The molecule has 1 spiro atoms. The van der Waals surface area contributed by atoms with Crippen molar-refractivity contribution < 1.29 is 13.9 Å². The van der Waals surface area contributed by atoms with Gasteiger partial charge in [-0.1, -0.05) is 45.0 Å². The van der Waals surface area contributed by atoms with Crippen molar-refractivity contribution in [1.29, 1.82) is 0 Å². The van der Waals surface area contributed by atoms with E-state index in [1.54, 1.807) is 19.2 Å². The summed E-state index contributed by atoms with van der Waals surface area (Å²) < 4.78 is 26.9. The van der Waals surface area contributed by atoms with Gasteiger partial charge in [0.25, 0.3) is 0 Å². The average molecular weight is 511 g/mol. The van der Waals surface area contributed by atoms with Gasteiger partial charge in [0.05, 0.1) is 7.11 Å². The molecule has 3 heteroatoms. The van der Waals surface area contributed by atoms with Gasteiger partial charge in [0, 0.05) is 5.56 Å². The van der Waals surface area contributed by atoms with E-state index in [1.165, 1.54) is 54.9 Å². The quantitative estimate of drug-likeness (QED) is 0.329. The molecule has 2 atom stereocenters. The fourth-order valence-electron chi connectivity index (χ4n) is 7.21. The van der Waals surface area contributed by atoms with Crippen molar-refractivity contribution in [2.75, 3.05) is 7.11 Å². The Labute approximate surface area is 226 Å². The summed E-state index contributed by atoms with van der Waals surface area (Å²) in [7, 11) is 1.62. The fraction of sp³-hybridized carbons (Fsp3) is 0.429. The van der Waals surface area contributed by atoms with Crippen LogP contribution in [0.5, 0.6) is 11.5 Å². The number of hydrogen-bond acceptors (Lipinski definition) is 2. The first-order valence-corrected chi connectivity index (χ1v) is 14.2. The number of methoxy groups -OCH3 is 1. The Morgan fingerprint density at radius 2 is 1.74 bits per heavy atom. The molecule has 3 aliphatic rings. The van der Waals surface area contributed by atoms with Gasteiger partial charge in [-0.15, -0.1) is 0 Å². The lowest BCUT2D eigenvalue weighted by Crippen LogP contribution is -2.45. The van der Waals surface area contributed by atoms with E-state index in [0.29, 0.717) is 23.3 Å². The zero-order valence-electron chi connectivity index (χ0n) is 23.2. The topological polar surface area (TPSA) is 18.5 Å². The predicted molar refractivity (Wildman–Crippen MR) is 153 cm³/mol. The summed E-state index contributed by atoms with van der Waals surface area (Å²) in [6.07, 6.45) is 10.9. The molecule has 1 saturated carbocycles. The minimum absolute atomic E-state index is 0.0376. The standard InChI is InChI=1S/C35H39FO2/c1-23-15-18-35(23)17-5-7-25-10-11-27(21-32(25)35)38-22-24-9-13-28(30-20-26(37-4)12-14-33(30)36)29(19-24)31-8-6-16-34(31,2)3/h8-14,19-21,23H,5-7,15-18,22H2,1-4H3/t23-,35-/m1/s1. The Balaban J connectivity index is 1.33. The van der Waals surface area contributed by atoms with Crippen LogP contribution in [0.15, 0.2) is 60.7 Å². The normalized spacial score (nSPS) is 23.5. The van der Waals surface area contributed by atoms with E-state index in [4.69, 9.17) is 9.47 Å². The van der Waals surface area contributed by atoms with Crippen molar-refractivity contribution in [2.45, 2.75) is 77.7 Å². The Bertz CT molecular complexity index is 1400. The molecule has 0 bridgehead atoms. The maximum Gasteiger partial charge on any atom is 0.131 e. The number of rotatable bonds is 6. The van der Waals surface area contributed by atoms with Gasteiger partial charge in [-0.3, -0.25) is 0 Å². The molecule has 0 heterocycles. The molecule has 0 N–H and O–H groups in total. The highest BCUT2D eigenvalue weighted by atomic mass is 19.1. The summed E-state index contributed by atoms with van der Waals surface area (Å²) in [6.45, 7) is 7.47. The molecule has 3 aromatic rings. The molecule has 3 aliphatic carbocycles. The zero-order valence-corrected chi connectivity index (χ0v) is 23.2. The SMILES string of the molecule is COc1ccc(F)c(-c2ccc(COc3ccc4c(c3)[C@]3(CCC4)CC[C@H]3C)cc2C2=CCCC2(C)C)c1. The average Bonchev–Trinajstić information content (AvgIpc) is 3.29. The number of halogens is 1. The highest BCUT2D eigenvalue weighted by molar-refractivity contribution is 5.85. The van der Waals surface area contributed by atoms with Gasteiger partial charge in [-0.05, 0) is 131 Å². The van der Waals surface area contributed by atoms with E-state index in [1.807, 2.05) is 0 Å². The third kappa shape index (κ3) is 4.25. The van der Waals surface area contributed by atoms with Crippen molar-refractivity contribution in [3.8, 4) is 22.6 Å². The van der Waals surface area contributed by atoms with Crippen molar-refractivity contribution in [2.24, 2.45) is 11.3 Å². The summed E-state index contributed by atoms with van der Waals surface area (Å²) in [5.41, 5.74) is 8.39. The van der Waals surface area contributed by atoms with Gasteiger partial charge in [-0.25, -0.2) is 4.39 Å². The van der Waals surface area contributed by atoms with Crippen LogP contribution < -0.4 is 9.47 Å². The summed E-state index contributed by atoms with van der Waals surface area (Å²) in [6, 6.07) is 18.1. The molecule has 38 heavy (non-hydrogen) atoms. The zero-order chi connectivity index (χ0) is 26.5. The minimum Gasteiger partial charge on any atom is -0.497 e. The number of ether oxygens (including phenoxy) is 2. The maximum atomic E-state index is 15.1. The van der Waals surface area contributed by atoms with Gasteiger partial charge in [-0.2, -0.15) is 0 Å². The number of fused-ring (bicyclic) bond motifs is 2. The highest BCUT2D eigenvalue weighted by Crippen LogP contribution is 2.55. The Hall–Kier alpha value is -3.07. The molecule has 2 nitrogen and oxygen atoms in total. The molecule has 0 aromatic heterocycles.